The van der Waals surface area contributed by atoms with E-state index >= 15 is 0 Å². The maximum absolute atomic E-state index is 12.5. The quantitative estimate of drug-likeness (QED) is 0.815. The molecule has 0 fully saturated rings. The SMILES string of the molecule is CCC(=O)Nc1ccc(C)c(NC(=O)N(C)Cc2ccccc2Cl)c1. The zero-order valence-electron chi connectivity index (χ0n) is 14.6. The van der Waals surface area contributed by atoms with E-state index in [2.05, 4.69) is 10.6 Å². The van der Waals surface area contributed by atoms with Crippen molar-refractivity contribution in [1.82, 2.24) is 4.90 Å². The second-order valence-electron chi connectivity index (χ2n) is 5.81. The maximum Gasteiger partial charge on any atom is 0.321 e. The van der Waals surface area contributed by atoms with E-state index in [0.29, 0.717) is 29.4 Å². The van der Waals surface area contributed by atoms with Crippen molar-refractivity contribution in [3.8, 4) is 0 Å². The molecule has 2 aromatic carbocycles. The Hall–Kier alpha value is -2.53. The number of anilines is 2. The number of urea groups is 1. The molecule has 0 aliphatic carbocycles. The van der Waals surface area contributed by atoms with Gasteiger partial charge in [-0.3, -0.25) is 4.79 Å². The number of rotatable bonds is 5. The van der Waals surface area contributed by atoms with Crippen molar-refractivity contribution in [2.45, 2.75) is 26.8 Å². The van der Waals surface area contributed by atoms with Gasteiger partial charge in [0.25, 0.3) is 0 Å². The first-order chi connectivity index (χ1) is 11.9. The summed E-state index contributed by atoms with van der Waals surface area (Å²) >= 11 is 6.14. The minimum atomic E-state index is -0.248. The van der Waals surface area contributed by atoms with E-state index in [0.717, 1.165) is 11.1 Å². The molecule has 0 radical (unpaired) electrons. The molecule has 6 heteroatoms. The molecular weight excluding hydrogens is 338 g/mol. The van der Waals surface area contributed by atoms with Crippen molar-refractivity contribution in [2.75, 3.05) is 17.7 Å². The van der Waals surface area contributed by atoms with E-state index in [4.69, 9.17) is 11.6 Å². The van der Waals surface area contributed by atoms with Gasteiger partial charge in [-0.15, -0.1) is 0 Å². The van der Waals surface area contributed by atoms with Gasteiger partial charge >= 0.3 is 6.03 Å². The summed E-state index contributed by atoms with van der Waals surface area (Å²) in [4.78, 5) is 25.5. The maximum atomic E-state index is 12.5. The lowest BCUT2D eigenvalue weighted by molar-refractivity contribution is -0.115. The van der Waals surface area contributed by atoms with E-state index < -0.39 is 0 Å². The number of hydrogen-bond donors (Lipinski definition) is 2. The van der Waals surface area contributed by atoms with E-state index in [9.17, 15) is 9.59 Å². The van der Waals surface area contributed by atoms with Crippen molar-refractivity contribution < 1.29 is 9.59 Å². The first-order valence-corrected chi connectivity index (χ1v) is 8.44. The van der Waals surface area contributed by atoms with Crippen molar-refractivity contribution in [2.24, 2.45) is 0 Å². The molecule has 0 spiro atoms. The standard InChI is InChI=1S/C19H22ClN3O2/c1-4-18(24)21-15-10-9-13(2)17(11-15)22-19(25)23(3)12-14-7-5-6-8-16(14)20/h5-11H,4,12H2,1-3H3,(H,21,24)(H,22,25). The highest BCUT2D eigenvalue weighted by Gasteiger charge is 2.13. The molecule has 2 aromatic rings. The number of nitrogens with one attached hydrogen (secondary N) is 2. The molecule has 0 saturated heterocycles. The molecule has 2 rings (SSSR count). The summed E-state index contributed by atoms with van der Waals surface area (Å²) in [5.41, 5.74) is 3.10. The van der Waals surface area contributed by atoms with Crippen LogP contribution in [0.15, 0.2) is 42.5 Å². The Morgan fingerprint density at radius 3 is 2.52 bits per heavy atom. The second kappa shape index (κ2) is 8.53. The Labute approximate surface area is 153 Å². The molecule has 0 aliphatic rings. The van der Waals surface area contributed by atoms with Gasteiger partial charge in [-0.25, -0.2) is 4.79 Å². The predicted molar refractivity (Wildman–Crippen MR) is 102 cm³/mol. The van der Waals surface area contributed by atoms with Crippen LogP contribution in [0.5, 0.6) is 0 Å². The second-order valence-corrected chi connectivity index (χ2v) is 6.22. The van der Waals surface area contributed by atoms with Crippen molar-refractivity contribution in [1.29, 1.82) is 0 Å². The summed E-state index contributed by atoms with van der Waals surface area (Å²) in [5, 5.41) is 6.29. The van der Waals surface area contributed by atoms with E-state index in [1.54, 1.807) is 31.0 Å². The van der Waals surface area contributed by atoms with Gasteiger partial charge in [0.15, 0.2) is 0 Å². The summed E-state index contributed by atoms with van der Waals surface area (Å²) in [6, 6.07) is 12.6. The number of amides is 3. The fourth-order valence-corrected chi connectivity index (χ4v) is 2.44. The summed E-state index contributed by atoms with van der Waals surface area (Å²) in [6.45, 7) is 4.09. The van der Waals surface area contributed by atoms with Crippen LogP contribution < -0.4 is 10.6 Å². The molecule has 0 aliphatic heterocycles. The van der Waals surface area contributed by atoms with Gasteiger partial charge in [0, 0.05) is 36.4 Å². The van der Waals surface area contributed by atoms with Crippen molar-refractivity contribution in [3.05, 3.63) is 58.6 Å². The molecule has 0 unspecified atom stereocenters. The third-order valence-electron chi connectivity index (χ3n) is 3.80. The average Bonchev–Trinajstić information content (AvgIpc) is 2.59. The molecule has 132 valence electrons. The third kappa shape index (κ3) is 5.22. The van der Waals surface area contributed by atoms with Crippen LogP contribution in [0, 0.1) is 6.92 Å². The van der Waals surface area contributed by atoms with Gasteiger partial charge in [0.05, 0.1) is 0 Å². The highest BCUT2D eigenvalue weighted by atomic mass is 35.5. The van der Waals surface area contributed by atoms with Gasteiger partial charge in [-0.1, -0.05) is 42.8 Å². The van der Waals surface area contributed by atoms with Gasteiger partial charge in [0.1, 0.15) is 0 Å². The molecule has 3 amide bonds. The fraction of sp³-hybridized carbons (Fsp3) is 0.263. The summed E-state index contributed by atoms with van der Waals surface area (Å²) < 4.78 is 0. The van der Waals surface area contributed by atoms with E-state index in [1.807, 2.05) is 37.3 Å². The van der Waals surface area contributed by atoms with Crippen LogP contribution in [0.3, 0.4) is 0 Å². The zero-order valence-corrected chi connectivity index (χ0v) is 15.4. The zero-order chi connectivity index (χ0) is 18.4. The monoisotopic (exact) mass is 359 g/mol. The minimum absolute atomic E-state index is 0.0723. The molecule has 0 aromatic heterocycles. The number of benzene rings is 2. The number of carbonyl (C=O) groups excluding carboxylic acids is 2. The molecule has 0 heterocycles. The van der Waals surface area contributed by atoms with E-state index in [1.165, 1.54) is 0 Å². The molecule has 0 atom stereocenters. The predicted octanol–water partition coefficient (Wildman–Crippen LogP) is 4.66. The van der Waals surface area contributed by atoms with Crippen molar-refractivity contribution in [3.63, 3.8) is 0 Å². The van der Waals surface area contributed by atoms with Crippen LogP contribution in [-0.4, -0.2) is 23.9 Å². The highest BCUT2D eigenvalue weighted by Crippen LogP contribution is 2.22. The first-order valence-electron chi connectivity index (χ1n) is 8.06. The Morgan fingerprint density at radius 2 is 1.84 bits per heavy atom. The number of hydrogen-bond acceptors (Lipinski definition) is 2. The molecule has 0 bridgehead atoms. The van der Waals surface area contributed by atoms with Crippen LogP contribution in [0.4, 0.5) is 16.2 Å². The van der Waals surface area contributed by atoms with Gasteiger partial charge in [-0.05, 0) is 36.2 Å². The Bertz CT molecular complexity index is 777. The van der Waals surface area contributed by atoms with Gasteiger partial charge in [0.2, 0.25) is 5.91 Å². The lowest BCUT2D eigenvalue weighted by Crippen LogP contribution is -2.31. The summed E-state index contributed by atoms with van der Waals surface area (Å²) in [7, 11) is 1.71. The number of halogens is 1. The number of aryl methyl sites for hydroxylation is 1. The van der Waals surface area contributed by atoms with Crippen LogP contribution in [0.2, 0.25) is 5.02 Å². The van der Waals surface area contributed by atoms with Gasteiger partial charge in [-0.2, -0.15) is 0 Å². The summed E-state index contributed by atoms with van der Waals surface area (Å²) in [5.74, 6) is -0.0723. The Kier molecular flexibility index (Phi) is 6.42. The number of carbonyl (C=O) groups is 2. The molecule has 5 nitrogen and oxygen atoms in total. The minimum Gasteiger partial charge on any atom is -0.326 e. The van der Waals surface area contributed by atoms with E-state index in [-0.39, 0.29) is 11.9 Å². The molecule has 25 heavy (non-hydrogen) atoms. The van der Waals surface area contributed by atoms with Crippen LogP contribution in [-0.2, 0) is 11.3 Å². The van der Waals surface area contributed by atoms with Crippen LogP contribution in [0.1, 0.15) is 24.5 Å². The largest absolute Gasteiger partial charge is 0.326 e. The lowest BCUT2D eigenvalue weighted by atomic mass is 10.1. The van der Waals surface area contributed by atoms with Crippen LogP contribution >= 0.6 is 11.6 Å². The van der Waals surface area contributed by atoms with Crippen LogP contribution in [0.25, 0.3) is 0 Å². The molecule has 2 N–H and O–H groups in total. The van der Waals surface area contributed by atoms with Crippen molar-refractivity contribution >= 4 is 34.9 Å². The van der Waals surface area contributed by atoms with Gasteiger partial charge < -0.3 is 15.5 Å². The topological polar surface area (TPSA) is 61.4 Å². The Balaban J connectivity index is 2.07. The summed E-state index contributed by atoms with van der Waals surface area (Å²) in [6.07, 6.45) is 0.399. The highest BCUT2D eigenvalue weighted by molar-refractivity contribution is 6.31. The lowest BCUT2D eigenvalue weighted by Gasteiger charge is -2.20. The molecule has 0 saturated carbocycles. The average molecular weight is 360 g/mol. The smallest absolute Gasteiger partial charge is 0.321 e. The first kappa shape index (κ1) is 18.8. The normalized spacial score (nSPS) is 10.2. The molecular formula is C19H22ClN3O2. The third-order valence-corrected chi connectivity index (χ3v) is 4.16. The number of nitrogens with zero attached hydrogens (tertiary/aromatic N) is 1. The Morgan fingerprint density at radius 1 is 1.12 bits per heavy atom. The fourth-order valence-electron chi connectivity index (χ4n) is 2.25.